The number of nitrogens with one attached hydrogen (secondary N) is 1. The van der Waals surface area contributed by atoms with Crippen LogP contribution in [0.25, 0.3) is 0 Å². The van der Waals surface area contributed by atoms with Crippen LogP contribution < -0.4 is 5.32 Å². The maximum atomic E-state index is 13.0. The highest BCUT2D eigenvalue weighted by Crippen LogP contribution is 2.31. The number of anilines is 1. The van der Waals surface area contributed by atoms with Crippen LogP contribution in [0.3, 0.4) is 0 Å². The smallest absolute Gasteiger partial charge is 0.323 e. The maximum Gasteiger partial charge on any atom is 0.323 e. The number of piperidine rings is 1. The molecule has 2 aliphatic rings. The Kier molecular flexibility index (Phi) is 5.77. The fourth-order valence-electron chi connectivity index (χ4n) is 3.59. The highest BCUT2D eigenvalue weighted by atomic mass is 32.1. The lowest BCUT2D eigenvalue weighted by Crippen LogP contribution is -2.42. The number of carbonyl (C=O) groups is 2. The molecule has 0 bridgehead atoms. The monoisotopic (exact) mass is 402 g/mol. The molecule has 10 heteroatoms. The molecule has 0 aromatic carbocycles. The van der Waals surface area contributed by atoms with Crippen molar-refractivity contribution in [3.05, 3.63) is 35.8 Å². The molecule has 3 amide bonds. The lowest BCUT2D eigenvalue weighted by molar-refractivity contribution is 0.0299. The van der Waals surface area contributed by atoms with Crippen molar-refractivity contribution in [3.63, 3.8) is 0 Å². The van der Waals surface area contributed by atoms with Gasteiger partial charge in [0.05, 0.1) is 19.3 Å². The molecule has 2 fully saturated rings. The minimum absolute atomic E-state index is 0.0262. The topological polar surface area (TPSA) is 101 Å². The first kappa shape index (κ1) is 18.8. The summed E-state index contributed by atoms with van der Waals surface area (Å²) in [4.78, 5) is 33.4. The number of amides is 3. The third-order valence-electron chi connectivity index (χ3n) is 5.04. The Hall–Kier alpha value is -2.59. The van der Waals surface area contributed by atoms with E-state index in [-0.39, 0.29) is 23.7 Å². The van der Waals surface area contributed by atoms with Crippen LogP contribution in [0.1, 0.15) is 41.4 Å². The average molecular weight is 402 g/mol. The molecule has 0 radical (unpaired) electrons. The summed E-state index contributed by atoms with van der Waals surface area (Å²) in [5, 5.41) is 7.21. The SMILES string of the molecule is O=C(c1nnsc1NC(=O)N1CCCC[C@@H]1c1cccnc1)N1CCOCC1. The molecule has 1 N–H and O–H groups in total. The van der Waals surface area contributed by atoms with E-state index in [0.29, 0.717) is 37.8 Å². The molecule has 2 saturated heterocycles. The van der Waals surface area contributed by atoms with Gasteiger partial charge in [-0.1, -0.05) is 10.6 Å². The summed E-state index contributed by atoms with van der Waals surface area (Å²) < 4.78 is 9.17. The van der Waals surface area contributed by atoms with Gasteiger partial charge in [-0.15, -0.1) is 5.10 Å². The molecule has 2 aliphatic heterocycles. The van der Waals surface area contributed by atoms with Gasteiger partial charge in [-0.2, -0.15) is 0 Å². The summed E-state index contributed by atoms with van der Waals surface area (Å²) in [7, 11) is 0. The number of morpholine rings is 1. The van der Waals surface area contributed by atoms with E-state index in [1.807, 2.05) is 17.0 Å². The van der Waals surface area contributed by atoms with Crippen molar-refractivity contribution in [1.82, 2.24) is 24.4 Å². The maximum absolute atomic E-state index is 13.0. The van der Waals surface area contributed by atoms with Crippen LogP contribution in [0, 0.1) is 0 Å². The Morgan fingerprint density at radius 1 is 1.21 bits per heavy atom. The third kappa shape index (κ3) is 3.97. The van der Waals surface area contributed by atoms with Crippen molar-refractivity contribution in [1.29, 1.82) is 0 Å². The highest BCUT2D eigenvalue weighted by molar-refractivity contribution is 7.10. The molecule has 2 aromatic rings. The second kappa shape index (κ2) is 8.61. The Morgan fingerprint density at radius 2 is 2.07 bits per heavy atom. The van der Waals surface area contributed by atoms with Crippen LogP contribution in [0.5, 0.6) is 0 Å². The Labute approximate surface area is 166 Å². The van der Waals surface area contributed by atoms with Crippen molar-refractivity contribution in [2.75, 3.05) is 38.2 Å². The minimum atomic E-state index is -0.240. The molecule has 4 heterocycles. The second-order valence-electron chi connectivity index (χ2n) is 6.78. The van der Waals surface area contributed by atoms with Gasteiger partial charge in [-0.05, 0) is 30.9 Å². The number of pyridine rings is 1. The molecule has 0 aliphatic carbocycles. The number of carbonyl (C=O) groups excluding carboxylic acids is 2. The molecule has 0 spiro atoms. The zero-order valence-corrected chi connectivity index (χ0v) is 16.2. The first-order valence-electron chi connectivity index (χ1n) is 9.41. The van der Waals surface area contributed by atoms with Crippen LogP contribution in [0.15, 0.2) is 24.5 Å². The number of likely N-dealkylation sites (tertiary alicyclic amines) is 1. The van der Waals surface area contributed by atoms with Crippen molar-refractivity contribution < 1.29 is 14.3 Å². The van der Waals surface area contributed by atoms with E-state index in [1.54, 1.807) is 17.3 Å². The number of ether oxygens (including phenoxy) is 1. The largest absolute Gasteiger partial charge is 0.378 e. The summed E-state index contributed by atoms with van der Waals surface area (Å²) in [6.07, 6.45) is 6.43. The fraction of sp³-hybridized carbons (Fsp3) is 0.500. The van der Waals surface area contributed by atoms with Gasteiger partial charge in [-0.3, -0.25) is 15.1 Å². The van der Waals surface area contributed by atoms with Crippen LogP contribution in [0.4, 0.5) is 9.80 Å². The lowest BCUT2D eigenvalue weighted by Gasteiger charge is -2.35. The number of aromatic nitrogens is 3. The Morgan fingerprint density at radius 3 is 2.86 bits per heavy atom. The summed E-state index contributed by atoms with van der Waals surface area (Å²) >= 11 is 1.02. The van der Waals surface area contributed by atoms with Gasteiger partial charge >= 0.3 is 6.03 Å². The molecule has 28 heavy (non-hydrogen) atoms. The molecule has 0 unspecified atom stereocenters. The summed E-state index contributed by atoms with van der Waals surface area (Å²) in [5.41, 5.74) is 1.21. The molecule has 148 valence electrons. The lowest BCUT2D eigenvalue weighted by atomic mass is 9.97. The summed E-state index contributed by atoms with van der Waals surface area (Å²) in [5.74, 6) is -0.227. The van der Waals surface area contributed by atoms with Crippen molar-refractivity contribution in [2.24, 2.45) is 0 Å². The number of hydrogen-bond donors (Lipinski definition) is 1. The summed E-state index contributed by atoms with van der Waals surface area (Å²) in [6, 6.07) is 3.61. The Balaban J connectivity index is 1.49. The van der Waals surface area contributed by atoms with Crippen molar-refractivity contribution >= 4 is 28.5 Å². The van der Waals surface area contributed by atoms with Gasteiger partial charge in [0.2, 0.25) is 0 Å². The van der Waals surface area contributed by atoms with Gasteiger partial charge in [-0.25, -0.2) is 4.79 Å². The predicted molar refractivity (Wildman–Crippen MR) is 103 cm³/mol. The number of hydrogen-bond acceptors (Lipinski definition) is 7. The van der Waals surface area contributed by atoms with Gasteiger partial charge in [0.25, 0.3) is 5.91 Å². The first-order chi connectivity index (χ1) is 13.7. The quantitative estimate of drug-likeness (QED) is 0.844. The van der Waals surface area contributed by atoms with Crippen LogP contribution in [-0.2, 0) is 4.74 Å². The minimum Gasteiger partial charge on any atom is -0.378 e. The van der Waals surface area contributed by atoms with E-state index in [0.717, 1.165) is 36.4 Å². The average Bonchev–Trinajstić information content (AvgIpc) is 3.22. The fourth-order valence-corrected chi connectivity index (χ4v) is 4.14. The standard InChI is InChI=1S/C18H22N6O3S/c25-17(23-8-10-27-11-9-23)15-16(28-22-21-15)20-18(26)24-7-2-1-5-14(24)13-4-3-6-19-12-13/h3-4,6,12,14H,1-2,5,7-11H2,(H,20,26)/t14-/m1/s1. The molecule has 2 aromatic heterocycles. The zero-order chi connectivity index (χ0) is 19.3. The van der Waals surface area contributed by atoms with Crippen LogP contribution >= 0.6 is 11.5 Å². The van der Waals surface area contributed by atoms with Crippen LogP contribution in [-0.4, -0.2) is 69.2 Å². The van der Waals surface area contributed by atoms with E-state index < -0.39 is 0 Å². The first-order valence-corrected chi connectivity index (χ1v) is 10.2. The number of nitrogens with zero attached hydrogens (tertiary/aromatic N) is 5. The van der Waals surface area contributed by atoms with Crippen molar-refractivity contribution in [3.8, 4) is 0 Å². The second-order valence-corrected chi connectivity index (χ2v) is 7.53. The molecule has 0 saturated carbocycles. The molecular formula is C18H22N6O3S. The molecule has 9 nitrogen and oxygen atoms in total. The van der Waals surface area contributed by atoms with Crippen molar-refractivity contribution in [2.45, 2.75) is 25.3 Å². The third-order valence-corrected chi connectivity index (χ3v) is 5.68. The zero-order valence-electron chi connectivity index (χ0n) is 15.4. The Bertz CT molecular complexity index is 824. The van der Waals surface area contributed by atoms with Gasteiger partial charge in [0.1, 0.15) is 0 Å². The highest BCUT2D eigenvalue weighted by Gasteiger charge is 2.30. The van der Waals surface area contributed by atoms with E-state index >= 15 is 0 Å². The molecule has 1 atom stereocenters. The molecular weight excluding hydrogens is 380 g/mol. The van der Waals surface area contributed by atoms with E-state index in [1.165, 1.54) is 0 Å². The van der Waals surface area contributed by atoms with Gasteiger partial charge in [0, 0.05) is 43.6 Å². The summed E-state index contributed by atoms with van der Waals surface area (Å²) in [6.45, 7) is 2.69. The van der Waals surface area contributed by atoms with Crippen LogP contribution in [0.2, 0.25) is 0 Å². The number of urea groups is 1. The van der Waals surface area contributed by atoms with Gasteiger partial charge in [0.15, 0.2) is 10.7 Å². The van der Waals surface area contributed by atoms with E-state index in [4.69, 9.17) is 4.74 Å². The normalized spacial score (nSPS) is 20.1. The predicted octanol–water partition coefficient (Wildman–Crippen LogP) is 2.16. The van der Waals surface area contributed by atoms with E-state index in [2.05, 4.69) is 19.9 Å². The number of rotatable bonds is 3. The molecule has 4 rings (SSSR count). The van der Waals surface area contributed by atoms with E-state index in [9.17, 15) is 9.59 Å². The van der Waals surface area contributed by atoms with Gasteiger partial charge < -0.3 is 14.5 Å².